The molecular formula is C7H11NO2. The van der Waals surface area contributed by atoms with Crippen LogP contribution in [0, 0.1) is 0 Å². The topological polar surface area (TPSA) is 38.3 Å². The summed E-state index contributed by atoms with van der Waals surface area (Å²) in [6.45, 7) is 2.77. The molecule has 0 amide bonds. The quantitative estimate of drug-likeness (QED) is 0.415. The third kappa shape index (κ3) is 1.36. The van der Waals surface area contributed by atoms with Crippen molar-refractivity contribution in [3.05, 3.63) is 11.6 Å². The average molecular weight is 141 g/mol. The maximum absolute atomic E-state index is 10.8. The molecule has 0 bridgehead atoms. The van der Waals surface area contributed by atoms with Crippen molar-refractivity contribution in [1.82, 2.24) is 5.32 Å². The van der Waals surface area contributed by atoms with Crippen LogP contribution in [0.15, 0.2) is 11.6 Å². The van der Waals surface area contributed by atoms with Crippen LogP contribution in [0.4, 0.5) is 0 Å². The van der Waals surface area contributed by atoms with Gasteiger partial charge in [0.2, 0.25) is 0 Å². The Balaban J connectivity index is 2.52. The standard InChI is InChI=1S/C7H11NO2/c1-5-3-6(8-4-5)7(9)10-2/h3,6,8H,4H2,1-2H3/t6-/m0/s1. The van der Waals surface area contributed by atoms with Gasteiger partial charge in [0.05, 0.1) is 7.11 Å². The Morgan fingerprint density at radius 2 is 2.60 bits per heavy atom. The first-order valence-electron chi connectivity index (χ1n) is 3.22. The van der Waals surface area contributed by atoms with E-state index in [1.807, 2.05) is 13.0 Å². The summed E-state index contributed by atoms with van der Waals surface area (Å²) in [6, 6.07) is -0.218. The molecule has 1 aliphatic rings. The molecule has 0 fully saturated rings. The van der Waals surface area contributed by atoms with Crippen LogP contribution >= 0.6 is 0 Å². The van der Waals surface area contributed by atoms with Crippen molar-refractivity contribution in [2.45, 2.75) is 13.0 Å². The van der Waals surface area contributed by atoms with Gasteiger partial charge >= 0.3 is 5.97 Å². The zero-order valence-corrected chi connectivity index (χ0v) is 6.18. The summed E-state index contributed by atoms with van der Waals surface area (Å²) in [5.74, 6) is -0.211. The van der Waals surface area contributed by atoms with Crippen LogP contribution in [0.3, 0.4) is 0 Å². The second-order valence-corrected chi connectivity index (χ2v) is 2.39. The molecule has 0 aromatic rings. The molecule has 0 aliphatic carbocycles. The van der Waals surface area contributed by atoms with Gasteiger partial charge in [-0.1, -0.05) is 11.6 Å². The second kappa shape index (κ2) is 2.84. The summed E-state index contributed by atoms with van der Waals surface area (Å²) in [4.78, 5) is 10.8. The molecule has 0 saturated carbocycles. The van der Waals surface area contributed by atoms with Crippen LogP contribution in [-0.2, 0) is 9.53 Å². The maximum atomic E-state index is 10.8. The Morgan fingerprint density at radius 3 is 3.00 bits per heavy atom. The van der Waals surface area contributed by atoms with Gasteiger partial charge in [0.1, 0.15) is 6.04 Å². The van der Waals surface area contributed by atoms with E-state index in [1.165, 1.54) is 12.7 Å². The lowest BCUT2D eigenvalue weighted by atomic mass is 10.3. The third-order valence-electron chi connectivity index (χ3n) is 1.51. The van der Waals surface area contributed by atoms with Gasteiger partial charge in [0.15, 0.2) is 0 Å². The van der Waals surface area contributed by atoms with Crippen LogP contribution < -0.4 is 5.32 Å². The fraction of sp³-hybridized carbons (Fsp3) is 0.571. The van der Waals surface area contributed by atoms with Gasteiger partial charge in [-0.05, 0) is 6.92 Å². The van der Waals surface area contributed by atoms with Gasteiger partial charge in [-0.15, -0.1) is 0 Å². The van der Waals surface area contributed by atoms with Crippen LogP contribution in [0.5, 0.6) is 0 Å². The predicted octanol–water partition coefficient (Wildman–Crippen LogP) is 0.0775. The predicted molar refractivity (Wildman–Crippen MR) is 37.6 cm³/mol. The Bertz CT molecular complexity index is 174. The number of rotatable bonds is 1. The van der Waals surface area contributed by atoms with Gasteiger partial charge in [0.25, 0.3) is 0 Å². The molecule has 1 heterocycles. The molecule has 10 heavy (non-hydrogen) atoms. The van der Waals surface area contributed by atoms with E-state index in [4.69, 9.17) is 0 Å². The first kappa shape index (κ1) is 7.28. The lowest BCUT2D eigenvalue weighted by molar-refractivity contribution is -0.141. The zero-order valence-electron chi connectivity index (χ0n) is 6.18. The van der Waals surface area contributed by atoms with Crippen LogP contribution in [0.25, 0.3) is 0 Å². The second-order valence-electron chi connectivity index (χ2n) is 2.39. The number of methoxy groups -OCH3 is 1. The van der Waals surface area contributed by atoms with Gasteiger partial charge in [0, 0.05) is 6.54 Å². The van der Waals surface area contributed by atoms with Gasteiger partial charge < -0.3 is 4.74 Å². The number of nitrogens with one attached hydrogen (secondary N) is 1. The highest BCUT2D eigenvalue weighted by atomic mass is 16.5. The lowest BCUT2D eigenvalue weighted by Crippen LogP contribution is -2.31. The monoisotopic (exact) mass is 141 g/mol. The van der Waals surface area contributed by atoms with Crippen molar-refractivity contribution in [1.29, 1.82) is 0 Å². The fourth-order valence-corrected chi connectivity index (χ4v) is 0.952. The first-order valence-corrected chi connectivity index (χ1v) is 3.22. The van der Waals surface area contributed by atoms with Crippen LogP contribution in [-0.4, -0.2) is 25.7 Å². The van der Waals surface area contributed by atoms with Gasteiger partial charge in [-0.25, -0.2) is 0 Å². The van der Waals surface area contributed by atoms with Crippen LogP contribution in [0.1, 0.15) is 6.92 Å². The number of carbonyl (C=O) groups is 1. The molecule has 0 spiro atoms. The summed E-state index contributed by atoms with van der Waals surface area (Å²) >= 11 is 0. The fourth-order valence-electron chi connectivity index (χ4n) is 0.952. The average Bonchev–Trinajstić information content (AvgIpc) is 2.34. The minimum Gasteiger partial charge on any atom is -0.468 e. The van der Waals surface area contributed by atoms with Crippen molar-refractivity contribution in [3.8, 4) is 0 Å². The molecule has 0 aromatic carbocycles. The molecule has 0 saturated heterocycles. The summed E-state index contributed by atoms with van der Waals surface area (Å²) in [7, 11) is 1.39. The summed E-state index contributed by atoms with van der Waals surface area (Å²) in [5.41, 5.74) is 1.19. The van der Waals surface area contributed by atoms with Crippen LogP contribution in [0.2, 0.25) is 0 Å². The van der Waals surface area contributed by atoms with E-state index in [9.17, 15) is 4.79 Å². The van der Waals surface area contributed by atoms with Gasteiger partial charge in [-0.3, -0.25) is 10.1 Å². The minimum atomic E-state index is -0.218. The van der Waals surface area contributed by atoms with Crippen molar-refractivity contribution in [2.24, 2.45) is 0 Å². The zero-order chi connectivity index (χ0) is 7.56. The van der Waals surface area contributed by atoms with E-state index in [-0.39, 0.29) is 12.0 Å². The lowest BCUT2D eigenvalue weighted by Gasteiger charge is -2.03. The molecule has 0 radical (unpaired) electrons. The summed E-state index contributed by atoms with van der Waals surface area (Å²) < 4.78 is 4.54. The SMILES string of the molecule is COC(=O)[C@@H]1C=C(C)CN1. The van der Waals surface area contributed by atoms with Crippen molar-refractivity contribution in [3.63, 3.8) is 0 Å². The molecule has 0 unspecified atom stereocenters. The van der Waals surface area contributed by atoms with Crippen molar-refractivity contribution < 1.29 is 9.53 Å². The maximum Gasteiger partial charge on any atom is 0.326 e. The number of ether oxygens (including phenoxy) is 1. The largest absolute Gasteiger partial charge is 0.468 e. The highest BCUT2D eigenvalue weighted by molar-refractivity contribution is 5.78. The number of carbonyl (C=O) groups excluding carboxylic acids is 1. The Labute approximate surface area is 60.1 Å². The van der Waals surface area contributed by atoms with E-state index < -0.39 is 0 Å². The van der Waals surface area contributed by atoms with E-state index in [2.05, 4.69) is 10.1 Å². The normalized spacial score (nSPS) is 24.2. The summed E-state index contributed by atoms with van der Waals surface area (Å²) in [5, 5.41) is 2.99. The van der Waals surface area contributed by atoms with E-state index in [0.717, 1.165) is 6.54 Å². The molecule has 1 rings (SSSR count). The molecular weight excluding hydrogens is 130 g/mol. The number of esters is 1. The first-order chi connectivity index (χ1) is 4.74. The molecule has 1 N–H and O–H groups in total. The Morgan fingerprint density at radius 1 is 1.90 bits per heavy atom. The number of hydrogen-bond acceptors (Lipinski definition) is 3. The Kier molecular flexibility index (Phi) is 2.06. The van der Waals surface area contributed by atoms with E-state index in [1.54, 1.807) is 0 Å². The van der Waals surface area contributed by atoms with Gasteiger partial charge in [-0.2, -0.15) is 0 Å². The Hall–Kier alpha value is -0.830. The molecule has 56 valence electrons. The van der Waals surface area contributed by atoms with Crippen molar-refractivity contribution >= 4 is 5.97 Å². The molecule has 1 atom stereocenters. The summed E-state index contributed by atoms with van der Waals surface area (Å²) in [6.07, 6.45) is 1.88. The molecule has 3 nitrogen and oxygen atoms in total. The molecule has 0 aromatic heterocycles. The van der Waals surface area contributed by atoms with Crippen molar-refractivity contribution in [2.75, 3.05) is 13.7 Å². The third-order valence-corrected chi connectivity index (χ3v) is 1.51. The highest BCUT2D eigenvalue weighted by Gasteiger charge is 2.19. The number of hydrogen-bond donors (Lipinski definition) is 1. The molecule has 3 heteroatoms. The van der Waals surface area contributed by atoms with E-state index >= 15 is 0 Å². The van der Waals surface area contributed by atoms with E-state index in [0.29, 0.717) is 0 Å². The highest BCUT2D eigenvalue weighted by Crippen LogP contribution is 2.04. The minimum absolute atomic E-state index is 0.211. The molecule has 1 aliphatic heterocycles. The smallest absolute Gasteiger partial charge is 0.326 e.